The van der Waals surface area contributed by atoms with E-state index in [1.165, 1.54) is 17.7 Å². The molecule has 2 amide bonds. The van der Waals surface area contributed by atoms with Crippen molar-refractivity contribution >= 4 is 28.9 Å². The highest BCUT2D eigenvalue weighted by Crippen LogP contribution is 2.32. The fourth-order valence-electron chi connectivity index (χ4n) is 3.40. The number of carbonyl (C=O) groups excluding carboxylic acids is 1. The molecule has 0 aromatic heterocycles. The molecule has 0 saturated heterocycles. The summed E-state index contributed by atoms with van der Waals surface area (Å²) in [6.07, 6.45) is 2.05. The molecule has 0 atom stereocenters. The number of amides is 2. The number of anilines is 2. The van der Waals surface area contributed by atoms with Gasteiger partial charge in [0.05, 0.1) is 18.8 Å². The van der Waals surface area contributed by atoms with Crippen LogP contribution in [0.15, 0.2) is 53.5 Å². The third kappa shape index (κ3) is 3.18. The van der Waals surface area contributed by atoms with E-state index >= 15 is 0 Å². The second-order valence-electron chi connectivity index (χ2n) is 6.74. The molecule has 2 aromatic rings. The lowest BCUT2D eigenvalue weighted by molar-refractivity contribution is 0.230. The van der Waals surface area contributed by atoms with Gasteiger partial charge in [-0.3, -0.25) is 14.8 Å². The zero-order valence-corrected chi connectivity index (χ0v) is 15.4. The fraction of sp³-hybridized carbons (Fsp3) is 0.238. The molecule has 2 aromatic carbocycles. The second kappa shape index (κ2) is 6.87. The van der Waals surface area contributed by atoms with Crippen LogP contribution in [0.25, 0.3) is 5.57 Å². The maximum Gasteiger partial charge on any atom is 0.331 e. The Hall–Kier alpha value is -3.15. The van der Waals surface area contributed by atoms with Gasteiger partial charge in [-0.15, -0.1) is 0 Å². The van der Waals surface area contributed by atoms with Gasteiger partial charge in [-0.25, -0.2) is 9.18 Å². The molecule has 0 fully saturated rings. The zero-order chi connectivity index (χ0) is 19.0. The molecule has 2 aliphatic heterocycles. The average Bonchev–Trinajstić information content (AvgIpc) is 3.13. The number of carbonyl (C=O) groups is 1. The van der Waals surface area contributed by atoms with Crippen molar-refractivity contribution in [3.63, 3.8) is 0 Å². The Morgan fingerprint density at radius 1 is 1.15 bits per heavy atom. The van der Waals surface area contributed by atoms with E-state index in [0.29, 0.717) is 31.3 Å². The highest BCUT2D eigenvalue weighted by Gasteiger charge is 2.31. The third-order valence-corrected chi connectivity index (χ3v) is 4.95. The van der Waals surface area contributed by atoms with Gasteiger partial charge in [0, 0.05) is 17.8 Å². The average molecular weight is 364 g/mol. The lowest BCUT2D eigenvalue weighted by atomic mass is 10.0. The Morgan fingerprint density at radius 3 is 2.81 bits per heavy atom. The van der Waals surface area contributed by atoms with Crippen molar-refractivity contribution in [1.29, 1.82) is 0 Å². The molecule has 0 unspecified atom stereocenters. The second-order valence-corrected chi connectivity index (χ2v) is 6.74. The largest absolute Gasteiger partial charge is 0.331 e. The summed E-state index contributed by atoms with van der Waals surface area (Å²) in [5, 5.41) is 3.13. The van der Waals surface area contributed by atoms with Crippen LogP contribution in [0.2, 0.25) is 0 Å². The van der Waals surface area contributed by atoms with Crippen LogP contribution in [0.5, 0.6) is 0 Å². The summed E-state index contributed by atoms with van der Waals surface area (Å²) in [6.45, 7) is 5.48. The molecule has 0 radical (unpaired) electrons. The Kier molecular flexibility index (Phi) is 4.39. The molecule has 1 N–H and O–H groups in total. The normalized spacial score (nSPS) is 16.0. The molecule has 5 nitrogen and oxygen atoms in total. The van der Waals surface area contributed by atoms with Crippen molar-refractivity contribution in [1.82, 2.24) is 4.90 Å². The lowest BCUT2D eigenvalue weighted by Crippen LogP contribution is -2.48. The number of allylic oxidation sites excluding steroid dienone is 1. The Balaban J connectivity index is 1.59. The number of halogens is 1. The maximum absolute atomic E-state index is 13.6. The summed E-state index contributed by atoms with van der Waals surface area (Å²) in [4.78, 5) is 21.0. The van der Waals surface area contributed by atoms with E-state index in [0.717, 1.165) is 16.8 Å². The van der Waals surface area contributed by atoms with Crippen LogP contribution in [-0.4, -0.2) is 36.5 Å². The number of urea groups is 1. The van der Waals surface area contributed by atoms with Crippen LogP contribution in [0.1, 0.15) is 18.1 Å². The standard InChI is InChI=1S/C21H21FN4O/c1-14-9-11-25(19-6-4-3-5-17(14)19)21(27)26-12-10-23-20(26)24-18-13-16(22)8-7-15(18)2/h3-9,13H,10-12H2,1-2H3,(H,23,24). The highest BCUT2D eigenvalue weighted by molar-refractivity contribution is 6.10. The first-order chi connectivity index (χ1) is 13.0. The number of rotatable bonds is 1. The molecule has 0 saturated carbocycles. The van der Waals surface area contributed by atoms with Crippen molar-refractivity contribution < 1.29 is 9.18 Å². The minimum Gasteiger partial charge on any atom is -0.325 e. The van der Waals surface area contributed by atoms with Gasteiger partial charge < -0.3 is 5.32 Å². The Morgan fingerprint density at radius 2 is 1.96 bits per heavy atom. The van der Waals surface area contributed by atoms with E-state index in [9.17, 15) is 9.18 Å². The molecular formula is C21H21FN4O. The van der Waals surface area contributed by atoms with Crippen molar-refractivity contribution in [3.05, 3.63) is 65.5 Å². The van der Waals surface area contributed by atoms with E-state index in [1.54, 1.807) is 15.9 Å². The van der Waals surface area contributed by atoms with Gasteiger partial charge in [0.15, 0.2) is 0 Å². The lowest BCUT2D eigenvalue weighted by Gasteiger charge is -2.32. The molecule has 0 bridgehead atoms. The van der Waals surface area contributed by atoms with Crippen LogP contribution in [0, 0.1) is 12.7 Å². The summed E-state index contributed by atoms with van der Waals surface area (Å²) >= 11 is 0. The third-order valence-electron chi connectivity index (χ3n) is 4.95. The summed E-state index contributed by atoms with van der Waals surface area (Å²) in [5.41, 5.74) is 4.63. The number of hydrogen-bond acceptors (Lipinski definition) is 3. The predicted molar refractivity (Wildman–Crippen MR) is 107 cm³/mol. The summed E-state index contributed by atoms with van der Waals surface area (Å²) in [6, 6.07) is 12.3. The minimum atomic E-state index is -0.329. The minimum absolute atomic E-state index is 0.135. The van der Waals surface area contributed by atoms with E-state index in [-0.39, 0.29) is 11.8 Å². The van der Waals surface area contributed by atoms with E-state index in [1.807, 2.05) is 31.2 Å². The van der Waals surface area contributed by atoms with E-state index in [2.05, 4.69) is 23.3 Å². The van der Waals surface area contributed by atoms with Crippen LogP contribution < -0.4 is 10.2 Å². The molecule has 138 valence electrons. The number of hydrogen-bond donors (Lipinski definition) is 1. The molecule has 0 aliphatic carbocycles. The number of guanidine groups is 1. The van der Waals surface area contributed by atoms with Crippen LogP contribution in [0.3, 0.4) is 0 Å². The summed E-state index contributed by atoms with van der Waals surface area (Å²) in [7, 11) is 0. The van der Waals surface area contributed by atoms with Crippen molar-refractivity contribution in [2.24, 2.45) is 4.99 Å². The Bertz CT molecular complexity index is 966. The maximum atomic E-state index is 13.6. The van der Waals surface area contributed by atoms with Gasteiger partial charge in [-0.05, 0) is 43.2 Å². The van der Waals surface area contributed by atoms with Gasteiger partial charge in [-0.1, -0.05) is 30.3 Å². The molecule has 27 heavy (non-hydrogen) atoms. The van der Waals surface area contributed by atoms with Crippen LogP contribution in [-0.2, 0) is 0 Å². The zero-order valence-electron chi connectivity index (χ0n) is 15.4. The Labute approximate surface area is 157 Å². The number of nitrogens with zero attached hydrogens (tertiary/aromatic N) is 3. The molecule has 2 aliphatic rings. The van der Waals surface area contributed by atoms with Crippen molar-refractivity contribution in [2.75, 3.05) is 29.9 Å². The van der Waals surface area contributed by atoms with Gasteiger partial charge in [0.1, 0.15) is 5.82 Å². The molecular weight excluding hydrogens is 343 g/mol. The molecule has 4 rings (SSSR count). The number of aryl methyl sites for hydroxylation is 1. The van der Waals surface area contributed by atoms with E-state index < -0.39 is 0 Å². The first kappa shape index (κ1) is 17.3. The quantitative estimate of drug-likeness (QED) is 0.822. The number of aliphatic imine (C=N–C) groups is 1. The number of benzene rings is 2. The fourth-order valence-corrected chi connectivity index (χ4v) is 3.40. The summed E-state index contributed by atoms with van der Waals surface area (Å²) in [5.74, 6) is 0.127. The predicted octanol–water partition coefficient (Wildman–Crippen LogP) is 4.26. The molecule has 0 spiro atoms. The number of fused-ring (bicyclic) bond motifs is 1. The highest BCUT2D eigenvalue weighted by atomic mass is 19.1. The van der Waals surface area contributed by atoms with Crippen molar-refractivity contribution in [2.45, 2.75) is 13.8 Å². The summed E-state index contributed by atoms with van der Waals surface area (Å²) < 4.78 is 13.6. The topological polar surface area (TPSA) is 47.9 Å². The van der Waals surface area contributed by atoms with Gasteiger partial charge in [0.2, 0.25) is 5.96 Å². The van der Waals surface area contributed by atoms with Gasteiger partial charge in [0.25, 0.3) is 0 Å². The number of para-hydroxylation sites is 1. The SMILES string of the molecule is CC1=CCN(C(=O)N2CCN=C2Nc2cc(F)ccc2C)c2ccccc21. The van der Waals surface area contributed by atoms with Gasteiger partial charge in [-0.2, -0.15) is 0 Å². The van der Waals surface area contributed by atoms with E-state index in [4.69, 9.17) is 0 Å². The van der Waals surface area contributed by atoms with Gasteiger partial charge >= 0.3 is 6.03 Å². The molecule has 2 heterocycles. The first-order valence-corrected chi connectivity index (χ1v) is 8.97. The number of nitrogens with one attached hydrogen (secondary N) is 1. The first-order valence-electron chi connectivity index (χ1n) is 8.97. The van der Waals surface area contributed by atoms with Crippen molar-refractivity contribution in [3.8, 4) is 0 Å². The van der Waals surface area contributed by atoms with Crippen LogP contribution >= 0.6 is 0 Å². The van der Waals surface area contributed by atoms with Crippen LogP contribution in [0.4, 0.5) is 20.6 Å². The monoisotopic (exact) mass is 364 g/mol. The molecule has 6 heteroatoms. The smallest absolute Gasteiger partial charge is 0.325 e.